The molecule has 0 amide bonds. The standard InChI is InChI=1S/C16H21N3/c1-10-16(11(2)19(4)18-10)13-6-5-12-7-8-15(17-3)14(12)9-13/h5-6,9,15,17H,7-8H2,1-4H3/t15-/m0/s1. The van der Waals surface area contributed by atoms with Crippen molar-refractivity contribution in [1.29, 1.82) is 0 Å². The second-order valence-corrected chi connectivity index (χ2v) is 5.46. The van der Waals surface area contributed by atoms with E-state index >= 15 is 0 Å². The first-order chi connectivity index (χ1) is 9.11. The van der Waals surface area contributed by atoms with E-state index in [4.69, 9.17) is 0 Å². The molecule has 0 saturated carbocycles. The molecule has 1 aliphatic rings. The first-order valence-corrected chi connectivity index (χ1v) is 6.92. The number of aromatic nitrogens is 2. The summed E-state index contributed by atoms with van der Waals surface area (Å²) in [4.78, 5) is 0. The Bertz CT molecular complexity index is 625. The maximum atomic E-state index is 4.52. The number of fused-ring (bicyclic) bond motifs is 1. The van der Waals surface area contributed by atoms with Crippen molar-refractivity contribution in [2.45, 2.75) is 32.7 Å². The van der Waals surface area contributed by atoms with Crippen LogP contribution in [0.3, 0.4) is 0 Å². The molecule has 1 atom stereocenters. The molecule has 2 aromatic rings. The molecule has 0 unspecified atom stereocenters. The van der Waals surface area contributed by atoms with Gasteiger partial charge in [0.2, 0.25) is 0 Å². The summed E-state index contributed by atoms with van der Waals surface area (Å²) >= 11 is 0. The van der Waals surface area contributed by atoms with Gasteiger partial charge < -0.3 is 5.32 Å². The topological polar surface area (TPSA) is 29.9 Å². The highest BCUT2D eigenvalue weighted by molar-refractivity contribution is 5.70. The first kappa shape index (κ1) is 12.4. The molecule has 0 radical (unpaired) electrons. The minimum atomic E-state index is 0.507. The summed E-state index contributed by atoms with van der Waals surface area (Å²) in [5.41, 5.74) is 7.87. The number of aryl methyl sites for hydroxylation is 3. The SMILES string of the molecule is CN[C@H]1CCc2ccc(-c3c(C)nn(C)c3C)cc21. The quantitative estimate of drug-likeness (QED) is 0.894. The Morgan fingerprint density at radius 2 is 2.11 bits per heavy atom. The van der Waals surface area contributed by atoms with Gasteiger partial charge in [0.25, 0.3) is 0 Å². The van der Waals surface area contributed by atoms with E-state index < -0.39 is 0 Å². The van der Waals surface area contributed by atoms with E-state index in [0.717, 1.165) is 5.69 Å². The third-order valence-corrected chi connectivity index (χ3v) is 4.37. The molecule has 1 heterocycles. The van der Waals surface area contributed by atoms with Crippen molar-refractivity contribution >= 4 is 0 Å². The fraction of sp³-hybridized carbons (Fsp3) is 0.438. The highest BCUT2D eigenvalue weighted by Gasteiger charge is 2.22. The van der Waals surface area contributed by atoms with Crippen molar-refractivity contribution in [3.05, 3.63) is 40.7 Å². The molecule has 1 aromatic heterocycles. The smallest absolute Gasteiger partial charge is 0.0674 e. The molecule has 100 valence electrons. The van der Waals surface area contributed by atoms with Crippen LogP contribution in [0.15, 0.2) is 18.2 Å². The van der Waals surface area contributed by atoms with Crippen LogP contribution in [0.25, 0.3) is 11.1 Å². The van der Waals surface area contributed by atoms with Crippen molar-refractivity contribution in [3.63, 3.8) is 0 Å². The summed E-state index contributed by atoms with van der Waals surface area (Å²) in [7, 11) is 4.06. The van der Waals surface area contributed by atoms with Crippen LogP contribution >= 0.6 is 0 Å². The Balaban J connectivity index is 2.12. The highest BCUT2D eigenvalue weighted by Crippen LogP contribution is 2.35. The summed E-state index contributed by atoms with van der Waals surface area (Å²) < 4.78 is 1.97. The molecule has 0 saturated heterocycles. The highest BCUT2D eigenvalue weighted by atomic mass is 15.3. The van der Waals surface area contributed by atoms with Crippen molar-refractivity contribution in [2.24, 2.45) is 7.05 Å². The lowest BCUT2D eigenvalue weighted by atomic mass is 9.98. The molecule has 0 fully saturated rings. The zero-order valence-corrected chi connectivity index (χ0v) is 12.1. The van der Waals surface area contributed by atoms with Gasteiger partial charge in [-0.05, 0) is 56.5 Å². The van der Waals surface area contributed by atoms with E-state index in [1.54, 1.807) is 0 Å². The summed E-state index contributed by atoms with van der Waals surface area (Å²) in [5.74, 6) is 0. The Morgan fingerprint density at radius 1 is 1.32 bits per heavy atom. The third-order valence-electron chi connectivity index (χ3n) is 4.37. The minimum absolute atomic E-state index is 0.507. The fourth-order valence-corrected chi connectivity index (χ4v) is 3.25. The van der Waals surface area contributed by atoms with E-state index in [0.29, 0.717) is 6.04 Å². The Hall–Kier alpha value is -1.61. The van der Waals surface area contributed by atoms with Crippen LogP contribution in [-0.4, -0.2) is 16.8 Å². The van der Waals surface area contributed by atoms with Gasteiger partial charge in [-0.2, -0.15) is 5.10 Å². The molecular formula is C16H21N3. The lowest BCUT2D eigenvalue weighted by Gasteiger charge is -2.12. The van der Waals surface area contributed by atoms with E-state index in [9.17, 15) is 0 Å². The maximum absolute atomic E-state index is 4.52. The number of benzene rings is 1. The number of nitrogens with one attached hydrogen (secondary N) is 1. The van der Waals surface area contributed by atoms with Crippen LogP contribution in [0.5, 0.6) is 0 Å². The van der Waals surface area contributed by atoms with Gasteiger partial charge in [-0.1, -0.05) is 12.1 Å². The van der Waals surface area contributed by atoms with Crippen molar-refractivity contribution in [2.75, 3.05) is 7.05 Å². The fourth-order valence-electron chi connectivity index (χ4n) is 3.25. The van der Waals surface area contributed by atoms with Gasteiger partial charge in [0.1, 0.15) is 0 Å². The van der Waals surface area contributed by atoms with Gasteiger partial charge in [-0.15, -0.1) is 0 Å². The number of hydrogen-bond acceptors (Lipinski definition) is 2. The maximum Gasteiger partial charge on any atom is 0.0674 e. The van der Waals surface area contributed by atoms with E-state index in [1.807, 2.05) is 18.8 Å². The zero-order valence-electron chi connectivity index (χ0n) is 12.1. The van der Waals surface area contributed by atoms with Crippen LogP contribution in [-0.2, 0) is 13.5 Å². The molecule has 3 rings (SSSR count). The Kier molecular flexibility index (Phi) is 2.94. The predicted molar refractivity (Wildman–Crippen MR) is 78.2 cm³/mol. The van der Waals surface area contributed by atoms with Crippen LogP contribution in [0, 0.1) is 13.8 Å². The van der Waals surface area contributed by atoms with Crippen molar-refractivity contribution < 1.29 is 0 Å². The van der Waals surface area contributed by atoms with Crippen molar-refractivity contribution in [1.82, 2.24) is 15.1 Å². The van der Waals surface area contributed by atoms with Crippen molar-refractivity contribution in [3.8, 4) is 11.1 Å². The molecule has 1 N–H and O–H groups in total. The van der Waals surface area contributed by atoms with Gasteiger partial charge in [-0.3, -0.25) is 4.68 Å². The summed E-state index contributed by atoms with van der Waals surface area (Å²) in [6.07, 6.45) is 2.40. The second-order valence-electron chi connectivity index (χ2n) is 5.46. The van der Waals surface area contributed by atoms with Gasteiger partial charge >= 0.3 is 0 Å². The number of nitrogens with zero attached hydrogens (tertiary/aromatic N) is 2. The van der Waals surface area contributed by atoms with E-state index in [-0.39, 0.29) is 0 Å². The van der Waals surface area contributed by atoms with E-state index in [1.165, 1.54) is 40.8 Å². The van der Waals surface area contributed by atoms with Gasteiger partial charge in [0.15, 0.2) is 0 Å². The average molecular weight is 255 g/mol. The summed E-state index contributed by atoms with van der Waals surface area (Å²) in [6, 6.07) is 7.38. The largest absolute Gasteiger partial charge is 0.313 e. The lowest BCUT2D eigenvalue weighted by Crippen LogP contribution is -2.12. The predicted octanol–water partition coefficient (Wildman–Crippen LogP) is 2.91. The summed E-state index contributed by atoms with van der Waals surface area (Å²) in [6.45, 7) is 4.23. The monoisotopic (exact) mass is 255 g/mol. The van der Waals surface area contributed by atoms with Crippen LogP contribution in [0.2, 0.25) is 0 Å². The molecule has 19 heavy (non-hydrogen) atoms. The molecule has 0 spiro atoms. The minimum Gasteiger partial charge on any atom is -0.313 e. The normalized spacial score (nSPS) is 17.8. The molecule has 1 aromatic carbocycles. The molecule has 0 bridgehead atoms. The van der Waals surface area contributed by atoms with Gasteiger partial charge in [-0.25, -0.2) is 0 Å². The Labute approximate surface area is 114 Å². The second kappa shape index (κ2) is 4.49. The number of rotatable bonds is 2. The number of hydrogen-bond donors (Lipinski definition) is 1. The molecule has 0 aliphatic heterocycles. The van der Waals surface area contributed by atoms with Crippen LogP contribution < -0.4 is 5.32 Å². The molecule has 3 heteroatoms. The first-order valence-electron chi connectivity index (χ1n) is 6.92. The van der Waals surface area contributed by atoms with Crippen LogP contribution in [0.4, 0.5) is 0 Å². The third kappa shape index (κ3) is 1.89. The van der Waals surface area contributed by atoms with Gasteiger partial charge in [0.05, 0.1) is 5.69 Å². The van der Waals surface area contributed by atoms with E-state index in [2.05, 4.69) is 42.5 Å². The summed E-state index contributed by atoms with van der Waals surface area (Å²) in [5, 5.41) is 7.93. The Morgan fingerprint density at radius 3 is 2.74 bits per heavy atom. The van der Waals surface area contributed by atoms with Crippen LogP contribution in [0.1, 0.15) is 35.0 Å². The molecule has 3 nitrogen and oxygen atoms in total. The molecule has 1 aliphatic carbocycles. The molecular weight excluding hydrogens is 234 g/mol. The lowest BCUT2D eigenvalue weighted by molar-refractivity contribution is 0.590. The average Bonchev–Trinajstić information content (AvgIpc) is 2.91. The zero-order chi connectivity index (χ0) is 13.6. The van der Waals surface area contributed by atoms with Gasteiger partial charge in [0, 0.05) is 24.3 Å².